The number of amides is 1. The van der Waals surface area contributed by atoms with Crippen LogP contribution in [-0.2, 0) is 9.53 Å². The SMILES string of the molecule is CCN1CC[C@H](N(C)C(=O)CNCCOC)[C@H](C)C1. The van der Waals surface area contributed by atoms with Crippen molar-refractivity contribution in [3.8, 4) is 0 Å². The summed E-state index contributed by atoms with van der Waals surface area (Å²) in [5.74, 6) is 0.722. The molecule has 112 valence electrons. The zero-order valence-electron chi connectivity index (χ0n) is 12.8. The molecule has 0 aliphatic carbocycles. The molecule has 0 radical (unpaired) electrons. The summed E-state index contributed by atoms with van der Waals surface area (Å²) in [7, 11) is 3.60. The quantitative estimate of drug-likeness (QED) is 0.681. The molecule has 0 aromatic carbocycles. The summed E-state index contributed by atoms with van der Waals surface area (Å²) in [6.07, 6.45) is 1.08. The zero-order valence-corrected chi connectivity index (χ0v) is 12.8. The van der Waals surface area contributed by atoms with E-state index in [1.807, 2.05) is 11.9 Å². The van der Waals surface area contributed by atoms with Gasteiger partial charge in [-0.1, -0.05) is 13.8 Å². The van der Waals surface area contributed by atoms with Gasteiger partial charge >= 0.3 is 0 Å². The number of carbonyl (C=O) groups is 1. The second-order valence-corrected chi connectivity index (χ2v) is 5.40. The van der Waals surface area contributed by atoms with Crippen LogP contribution in [0.4, 0.5) is 0 Å². The van der Waals surface area contributed by atoms with Gasteiger partial charge in [-0.3, -0.25) is 4.79 Å². The molecule has 1 rings (SSSR count). The van der Waals surface area contributed by atoms with Gasteiger partial charge in [0.1, 0.15) is 0 Å². The van der Waals surface area contributed by atoms with Crippen LogP contribution in [0.3, 0.4) is 0 Å². The van der Waals surface area contributed by atoms with Crippen LogP contribution in [0.5, 0.6) is 0 Å². The molecule has 0 unspecified atom stereocenters. The number of nitrogens with one attached hydrogen (secondary N) is 1. The highest BCUT2D eigenvalue weighted by Gasteiger charge is 2.30. The molecular weight excluding hydrogens is 242 g/mol. The summed E-state index contributed by atoms with van der Waals surface area (Å²) in [4.78, 5) is 16.5. The molecule has 5 nitrogen and oxygen atoms in total. The van der Waals surface area contributed by atoms with Crippen LogP contribution in [0.2, 0.25) is 0 Å². The van der Waals surface area contributed by atoms with E-state index in [2.05, 4.69) is 24.1 Å². The van der Waals surface area contributed by atoms with Gasteiger partial charge in [0, 0.05) is 39.8 Å². The average molecular weight is 271 g/mol. The van der Waals surface area contributed by atoms with Crippen molar-refractivity contribution < 1.29 is 9.53 Å². The first-order chi connectivity index (χ1) is 9.10. The summed E-state index contributed by atoms with van der Waals surface area (Å²) >= 11 is 0. The van der Waals surface area contributed by atoms with Crippen molar-refractivity contribution in [2.75, 3.05) is 53.5 Å². The first-order valence-corrected chi connectivity index (χ1v) is 7.27. The normalized spacial score (nSPS) is 24.4. The predicted molar refractivity (Wildman–Crippen MR) is 77.2 cm³/mol. The minimum absolute atomic E-state index is 0.179. The lowest BCUT2D eigenvalue weighted by Crippen LogP contribution is -2.52. The number of carbonyl (C=O) groups excluding carboxylic acids is 1. The Kier molecular flexibility index (Phi) is 7.34. The second kappa shape index (κ2) is 8.51. The third-order valence-electron chi connectivity index (χ3n) is 4.04. The number of hydrogen-bond acceptors (Lipinski definition) is 4. The lowest BCUT2D eigenvalue weighted by atomic mass is 9.92. The first-order valence-electron chi connectivity index (χ1n) is 7.27. The molecule has 1 aliphatic heterocycles. The van der Waals surface area contributed by atoms with Crippen molar-refractivity contribution in [2.24, 2.45) is 5.92 Å². The van der Waals surface area contributed by atoms with Crippen LogP contribution in [0, 0.1) is 5.92 Å². The van der Waals surface area contributed by atoms with Gasteiger partial charge in [0.2, 0.25) is 5.91 Å². The van der Waals surface area contributed by atoms with Crippen molar-refractivity contribution in [1.29, 1.82) is 0 Å². The molecular formula is C14H29N3O2. The predicted octanol–water partition coefficient (Wildman–Crippen LogP) is 0.411. The largest absolute Gasteiger partial charge is 0.383 e. The number of hydrogen-bond donors (Lipinski definition) is 1. The maximum Gasteiger partial charge on any atom is 0.236 e. The Balaban J connectivity index is 2.35. The van der Waals surface area contributed by atoms with Crippen LogP contribution < -0.4 is 5.32 Å². The fourth-order valence-corrected chi connectivity index (χ4v) is 2.76. The minimum atomic E-state index is 0.179. The van der Waals surface area contributed by atoms with E-state index < -0.39 is 0 Å². The van der Waals surface area contributed by atoms with Crippen molar-refractivity contribution in [2.45, 2.75) is 26.3 Å². The standard InChI is InChI=1S/C14H29N3O2/c1-5-17-8-6-13(12(2)11-17)16(3)14(18)10-15-7-9-19-4/h12-13,15H,5-11H2,1-4H3/t12-,13+/m1/s1. The molecule has 0 bridgehead atoms. The number of methoxy groups -OCH3 is 1. The Labute approximate surface area is 117 Å². The van der Waals surface area contributed by atoms with E-state index in [1.54, 1.807) is 7.11 Å². The maximum absolute atomic E-state index is 12.1. The van der Waals surface area contributed by atoms with E-state index in [1.165, 1.54) is 0 Å². The maximum atomic E-state index is 12.1. The molecule has 1 aliphatic rings. The molecule has 1 amide bonds. The monoisotopic (exact) mass is 271 g/mol. The molecule has 19 heavy (non-hydrogen) atoms. The smallest absolute Gasteiger partial charge is 0.236 e. The number of likely N-dealkylation sites (tertiary alicyclic amines) is 1. The Morgan fingerprint density at radius 1 is 1.53 bits per heavy atom. The van der Waals surface area contributed by atoms with Crippen LogP contribution in [0.25, 0.3) is 0 Å². The molecule has 2 atom stereocenters. The van der Waals surface area contributed by atoms with Gasteiger partial charge < -0.3 is 19.9 Å². The van der Waals surface area contributed by atoms with Gasteiger partial charge in [0.15, 0.2) is 0 Å². The molecule has 0 saturated carbocycles. The van der Waals surface area contributed by atoms with E-state index in [0.29, 0.717) is 25.1 Å². The zero-order chi connectivity index (χ0) is 14.3. The van der Waals surface area contributed by atoms with E-state index >= 15 is 0 Å². The number of likely N-dealkylation sites (N-methyl/N-ethyl adjacent to an activating group) is 1. The van der Waals surface area contributed by atoms with Crippen molar-refractivity contribution in [1.82, 2.24) is 15.1 Å². The molecule has 1 heterocycles. The van der Waals surface area contributed by atoms with Crippen molar-refractivity contribution in [3.05, 3.63) is 0 Å². The highest BCUT2D eigenvalue weighted by molar-refractivity contribution is 5.78. The number of ether oxygens (including phenoxy) is 1. The van der Waals surface area contributed by atoms with Gasteiger partial charge in [-0.25, -0.2) is 0 Å². The van der Waals surface area contributed by atoms with E-state index in [-0.39, 0.29) is 5.91 Å². The van der Waals surface area contributed by atoms with Crippen LogP contribution in [0.15, 0.2) is 0 Å². The van der Waals surface area contributed by atoms with Gasteiger partial charge in [-0.05, 0) is 18.9 Å². The summed E-state index contributed by atoms with van der Waals surface area (Å²) in [6, 6.07) is 0.375. The van der Waals surface area contributed by atoms with Crippen LogP contribution in [0.1, 0.15) is 20.3 Å². The average Bonchev–Trinajstić information content (AvgIpc) is 2.42. The lowest BCUT2D eigenvalue weighted by Gasteiger charge is -2.41. The minimum Gasteiger partial charge on any atom is -0.383 e. The van der Waals surface area contributed by atoms with E-state index in [0.717, 1.165) is 32.6 Å². The van der Waals surface area contributed by atoms with Crippen molar-refractivity contribution in [3.63, 3.8) is 0 Å². The van der Waals surface area contributed by atoms with Crippen molar-refractivity contribution >= 4 is 5.91 Å². The molecule has 0 aromatic rings. The Bertz CT molecular complexity index is 273. The fraction of sp³-hybridized carbons (Fsp3) is 0.929. The second-order valence-electron chi connectivity index (χ2n) is 5.40. The van der Waals surface area contributed by atoms with E-state index in [9.17, 15) is 4.79 Å². The summed E-state index contributed by atoms with van der Waals surface area (Å²) < 4.78 is 4.95. The summed E-state index contributed by atoms with van der Waals surface area (Å²) in [5, 5.41) is 3.11. The highest BCUT2D eigenvalue weighted by atomic mass is 16.5. The number of piperidine rings is 1. The number of nitrogens with zero attached hydrogens (tertiary/aromatic N) is 2. The summed E-state index contributed by atoms with van der Waals surface area (Å²) in [5.41, 5.74) is 0. The van der Waals surface area contributed by atoms with Gasteiger partial charge in [-0.2, -0.15) is 0 Å². The molecule has 5 heteroatoms. The van der Waals surface area contributed by atoms with Gasteiger partial charge in [0.05, 0.1) is 13.2 Å². The summed E-state index contributed by atoms with van der Waals surface area (Å²) in [6.45, 7) is 9.50. The molecule has 0 aromatic heterocycles. The Morgan fingerprint density at radius 3 is 2.84 bits per heavy atom. The molecule has 0 spiro atoms. The lowest BCUT2D eigenvalue weighted by molar-refractivity contribution is -0.133. The Morgan fingerprint density at radius 2 is 2.26 bits per heavy atom. The van der Waals surface area contributed by atoms with E-state index in [4.69, 9.17) is 4.74 Å². The van der Waals surface area contributed by atoms with Crippen LogP contribution in [-0.4, -0.2) is 75.2 Å². The molecule has 1 fully saturated rings. The molecule has 1 saturated heterocycles. The Hall–Kier alpha value is -0.650. The topological polar surface area (TPSA) is 44.8 Å². The highest BCUT2D eigenvalue weighted by Crippen LogP contribution is 2.20. The fourth-order valence-electron chi connectivity index (χ4n) is 2.76. The molecule has 1 N–H and O–H groups in total. The number of rotatable bonds is 7. The first kappa shape index (κ1) is 16.4. The van der Waals surface area contributed by atoms with Gasteiger partial charge in [-0.15, -0.1) is 0 Å². The third kappa shape index (κ3) is 5.09. The third-order valence-corrected chi connectivity index (χ3v) is 4.04. The van der Waals surface area contributed by atoms with Gasteiger partial charge in [0.25, 0.3) is 0 Å². The van der Waals surface area contributed by atoms with Crippen LogP contribution >= 0.6 is 0 Å².